The third-order valence-corrected chi connectivity index (χ3v) is 1.78. The lowest BCUT2D eigenvalue weighted by Crippen LogP contribution is -2.34. The van der Waals surface area contributed by atoms with E-state index in [1.54, 1.807) is 0 Å². The Hall–Kier alpha value is -1.27. The van der Waals surface area contributed by atoms with E-state index in [0.29, 0.717) is 0 Å². The number of halogens is 1. The van der Waals surface area contributed by atoms with Crippen LogP contribution in [-0.2, 0) is 0 Å². The third-order valence-electron chi connectivity index (χ3n) is 1.78. The van der Waals surface area contributed by atoms with Crippen LogP contribution in [0.15, 0.2) is 12.1 Å². The lowest BCUT2D eigenvalue weighted by atomic mass is 9.79. The van der Waals surface area contributed by atoms with Crippen LogP contribution in [-0.4, -0.2) is 31.4 Å². The largest absolute Gasteiger partial charge is 0.497 e. The minimum absolute atomic E-state index is 0.0388. The van der Waals surface area contributed by atoms with Crippen LogP contribution in [0.5, 0.6) is 11.5 Å². The molecule has 76 valence electrons. The first-order valence-electron chi connectivity index (χ1n) is 3.87. The van der Waals surface area contributed by atoms with E-state index in [2.05, 4.69) is 0 Å². The van der Waals surface area contributed by atoms with Gasteiger partial charge >= 0.3 is 7.12 Å². The summed E-state index contributed by atoms with van der Waals surface area (Å²) in [7, 11) is 0.777. The molecule has 0 aromatic heterocycles. The molecule has 0 spiro atoms. The van der Waals surface area contributed by atoms with Crippen LogP contribution in [0.2, 0.25) is 0 Å². The van der Waals surface area contributed by atoms with Crippen LogP contribution in [0.25, 0.3) is 0 Å². The van der Waals surface area contributed by atoms with E-state index in [1.165, 1.54) is 20.3 Å². The highest BCUT2D eigenvalue weighted by atomic mass is 19.1. The van der Waals surface area contributed by atoms with E-state index in [0.717, 1.165) is 6.07 Å². The van der Waals surface area contributed by atoms with Crippen LogP contribution >= 0.6 is 0 Å². The molecule has 4 nitrogen and oxygen atoms in total. The monoisotopic (exact) mass is 200 g/mol. The van der Waals surface area contributed by atoms with Crippen molar-refractivity contribution in [3.8, 4) is 11.5 Å². The van der Waals surface area contributed by atoms with Crippen LogP contribution in [0.4, 0.5) is 4.39 Å². The first kappa shape index (κ1) is 10.8. The summed E-state index contributed by atoms with van der Waals surface area (Å²) in [6.07, 6.45) is 0. The summed E-state index contributed by atoms with van der Waals surface area (Å²) in [5.41, 5.74) is -0.298. The highest BCUT2D eigenvalue weighted by Crippen LogP contribution is 2.19. The van der Waals surface area contributed by atoms with Crippen molar-refractivity contribution in [1.29, 1.82) is 0 Å². The summed E-state index contributed by atoms with van der Waals surface area (Å²) < 4.78 is 22.8. The van der Waals surface area contributed by atoms with Gasteiger partial charge in [0.25, 0.3) is 0 Å². The minimum Gasteiger partial charge on any atom is -0.497 e. The summed E-state index contributed by atoms with van der Waals surface area (Å²) in [5, 5.41) is 17.7. The van der Waals surface area contributed by atoms with E-state index >= 15 is 0 Å². The lowest BCUT2D eigenvalue weighted by molar-refractivity contribution is 0.384. The van der Waals surface area contributed by atoms with Gasteiger partial charge in [0, 0.05) is 12.1 Å². The van der Waals surface area contributed by atoms with Crippen LogP contribution < -0.4 is 14.9 Å². The second-order valence-electron chi connectivity index (χ2n) is 2.60. The summed E-state index contributed by atoms with van der Waals surface area (Å²) in [6.45, 7) is 0. The van der Waals surface area contributed by atoms with E-state index in [-0.39, 0.29) is 17.0 Å². The van der Waals surface area contributed by atoms with Crippen LogP contribution in [0.3, 0.4) is 0 Å². The number of rotatable bonds is 3. The first-order valence-corrected chi connectivity index (χ1v) is 3.87. The van der Waals surface area contributed by atoms with Crippen molar-refractivity contribution in [1.82, 2.24) is 0 Å². The van der Waals surface area contributed by atoms with Crippen molar-refractivity contribution in [2.24, 2.45) is 0 Å². The van der Waals surface area contributed by atoms with Gasteiger partial charge in [0.2, 0.25) is 0 Å². The molecule has 0 atom stereocenters. The SMILES string of the molecule is COc1cc(F)c(B(O)O)c(OC)c1. The van der Waals surface area contributed by atoms with Gasteiger partial charge in [-0.05, 0) is 0 Å². The zero-order valence-electron chi connectivity index (χ0n) is 7.82. The van der Waals surface area contributed by atoms with Crippen LogP contribution in [0, 0.1) is 5.82 Å². The van der Waals surface area contributed by atoms with Gasteiger partial charge in [-0.1, -0.05) is 0 Å². The predicted molar refractivity (Wildman–Crippen MR) is 49.3 cm³/mol. The molecule has 0 fully saturated rings. The van der Waals surface area contributed by atoms with E-state index < -0.39 is 12.9 Å². The number of hydrogen-bond donors (Lipinski definition) is 2. The second-order valence-corrected chi connectivity index (χ2v) is 2.60. The topological polar surface area (TPSA) is 58.9 Å². The number of methoxy groups -OCH3 is 2. The molecule has 14 heavy (non-hydrogen) atoms. The molecule has 0 saturated heterocycles. The summed E-state index contributed by atoms with van der Waals surface area (Å²) in [6, 6.07) is 2.43. The summed E-state index contributed by atoms with van der Waals surface area (Å²) in [5.74, 6) is -0.489. The van der Waals surface area contributed by atoms with Gasteiger partial charge in [-0.25, -0.2) is 4.39 Å². The average molecular weight is 200 g/mol. The molecule has 0 heterocycles. The van der Waals surface area contributed by atoms with Crippen molar-refractivity contribution in [2.45, 2.75) is 0 Å². The molecule has 0 amide bonds. The Labute approximate surface area is 81.0 Å². The van der Waals surface area contributed by atoms with Gasteiger partial charge in [0.05, 0.1) is 19.7 Å². The van der Waals surface area contributed by atoms with Crippen molar-refractivity contribution in [2.75, 3.05) is 14.2 Å². The molecule has 0 saturated carbocycles. The summed E-state index contributed by atoms with van der Waals surface area (Å²) >= 11 is 0. The molecular formula is C8H10BFO4. The van der Waals surface area contributed by atoms with Gasteiger partial charge in [0.1, 0.15) is 17.3 Å². The van der Waals surface area contributed by atoms with Gasteiger partial charge in [0.15, 0.2) is 0 Å². The third kappa shape index (κ3) is 1.97. The second kappa shape index (κ2) is 4.30. The Kier molecular flexibility index (Phi) is 3.32. The molecule has 0 aliphatic heterocycles. The van der Waals surface area contributed by atoms with Gasteiger partial charge in [-0.3, -0.25) is 0 Å². The van der Waals surface area contributed by atoms with E-state index in [4.69, 9.17) is 19.5 Å². The number of hydrogen-bond acceptors (Lipinski definition) is 4. The fourth-order valence-corrected chi connectivity index (χ4v) is 1.11. The van der Waals surface area contributed by atoms with Crippen molar-refractivity contribution in [3.63, 3.8) is 0 Å². The molecule has 1 aromatic rings. The van der Waals surface area contributed by atoms with E-state index in [1.807, 2.05) is 0 Å². The summed E-state index contributed by atoms with van der Waals surface area (Å²) in [4.78, 5) is 0. The zero-order valence-corrected chi connectivity index (χ0v) is 7.82. The fourth-order valence-electron chi connectivity index (χ4n) is 1.11. The number of benzene rings is 1. The van der Waals surface area contributed by atoms with Gasteiger partial charge in [-0.15, -0.1) is 0 Å². The maximum absolute atomic E-state index is 13.3. The molecule has 1 aromatic carbocycles. The molecule has 2 N–H and O–H groups in total. The van der Waals surface area contributed by atoms with E-state index in [9.17, 15) is 4.39 Å². The molecule has 0 unspecified atom stereocenters. The predicted octanol–water partition coefficient (Wildman–Crippen LogP) is -0.477. The Morgan fingerprint density at radius 1 is 1.21 bits per heavy atom. The van der Waals surface area contributed by atoms with Gasteiger partial charge in [-0.2, -0.15) is 0 Å². The molecule has 6 heteroatoms. The fraction of sp³-hybridized carbons (Fsp3) is 0.250. The average Bonchev–Trinajstić information content (AvgIpc) is 2.15. The lowest BCUT2D eigenvalue weighted by Gasteiger charge is -2.10. The maximum atomic E-state index is 13.3. The number of ether oxygens (including phenoxy) is 2. The zero-order chi connectivity index (χ0) is 10.7. The van der Waals surface area contributed by atoms with Crippen molar-refractivity contribution >= 4 is 12.6 Å². The maximum Gasteiger partial charge on any atom is 0.495 e. The van der Waals surface area contributed by atoms with Gasteiger partial charge < -0.3 is 19.5 Å². The normalized spacial score (nSPS) is 9.79. The van der Waals surface area contributed by atoms with Crippen LogP contribution in [0.1, 0.15) is 0 Å². The highest BCUT2D eigenvalue weighted by Gasteiger charge is 2.23. The van der Waals surface area contributed by atoms with Crippen molar-refractivity contribution < 1.29 is 23.9 Å². The Morgan fingerprint density at radius 2 is 1.86 bits per heavy atom. The molecule has 0 radical (unpaired) electrons. The Morgan fingerprint density at radius 3 is 2.29 bits per heavy atom. The standard InChI is InChI=1S/C8H10BFO4/c1-13-5-3-6(10)8(9(11)12)7(4-5)14-2/h3-4,11-12H,1-2H3. The quantitative estimate of drug-likeness (QED) is 0.647. The first-order chi connectivity index (χ1) is 6.60. The minimum atomic E-state index is -1.91. The van der Waals surface area contributed by atoms with Crippen molar-refractivity contribution in [3.05, 3.63) is 17.9 Å². The highest BCUT2D eigenvalue weighted by molar-refractivity contribution is 6.59. The molecule has 0 aliphatic rings. The molecule has 1 rings (SSSR count). The molecular weight excluding hydrogens is 190 g/mol. The molecule has 0 bridgehead atoms. The molecule has 0 aliphatic carbocycles. The Bertz CT molecular complexity index is 329. The Balaban J connectivity index is 3.27. The smallest absolute Gasteiger partial charge is 0.495 e.